The van der Waals surface area contributed by atoms with Gasteiger partial charge in [0.15, 0.2) is 9.84 Å². The van der Waals surface area contributed by atoms with Crippen LogP contribution in [0.25, 0.3) is 12.2 Å². The lowest BCUT2D eigenvalue weighted by atomic mass is 10.1. The Morgan fingerprint density at radius 1 is 0.667 bits per heavy atom. The lowest BCUT2D eigenvalue weighted by Gasteiger charge is -2.01. The van der Waals surface area contributed by atoms with Gasteiger partial charge in [0.05, 0.1) is 0 Å². The summed E-state index contributed by atoms with van der Waals surface area (Å²) in [4.78, 5) is 0. The SMILES string of the molecule is CCCCc1ccc(C=CS(=O)(=O)C=Cc2ccc(CCCC)cc2)cc1. The van der Waals surface area contributed by atoms with Gasteiger partial charge < -0.3 is 0 Å². The highest BCUT2D eigenvalue weighted by Crippen LogP contribution is 2.13. The molecule has 0 aliphatic carbocycles. The van der Waals surface area contributed by atoms with E-state index in [-0.39, 0.29) is 0 Å². The van der Waals surface area contributed by atoms with Crippen molar-refractivity contribution >= 4 is 22.0 Å². The lowest BCUT2D eigenvalue weighted by Crippen LogP contribution is -1.89. The molecule has 0 aromatic heterocycles. The molecule has 0 N–H and O–H groups in total. The Labute approximate surface area is 164 Å². The van der Waals surface area contributed by atoms with Crippen molar-refractivity contribution in [2.24, 2.45) is 0 Å². The van der Waals surface area contributed by atoms with E-state index >= 15 is 0 Å². The summed E-state index contributed by atoms with van der Waals surface area (Å²) in [5.74, 6) is 0. The average Bonchev–Trinajstić information content (AvgIpc) is 2.69. The molecule has 0 spiro atoms. The number of sulfone groups is 1. The molecule has 27 heavy (non-hydrogen) atoms. The van der Waals surface area contributed by atoms with Crippen LogP contribution in [0.15, 0.2) is 59.3 Å². The van der Waals surface area contributed by atoms with Crippen LogP contribution in [0.4, 0.5) is 0 Å². The number of hydrogen-bond acceptors (Lipinski definition) is 2. The molecule has 2 aromatic rings. The molecule has 144 valence electrons. The first-order valence-corrected chi connectivity index (χ1v) is 11.4. The van der Waals surface area contributed by atoms with Gasteiger partial charge in [-0.25, -0.2) is 8.42 Å². The molecule has 0 aliphatic heterocycles. The Morgan fingerprint density at radius 3 is 1.37 bits per heavy atom. The van der Waals surface area contributed by atoms with Gasteiger partial charge in [0.1, 0.15) is 0 Å². The van der Waals surface area contributed by atoms with Gasteiger partial charge in [0.2, 0.25) is 0 Å². The molecule has 0 fully saturated rings. The molecule has 2 rings (SSSR count). The quantitative estimate of drug-likeness (QED) is 0.474. The highest BCUT2D eigenvalue weighted by Gasteiger charge is 2.00. The second-order valence-corrected chi connectivity index (χ2v) is 8.61. The van der Waals surface area contributed by atoms with Crippen LogP contribution in [0.5, 0.6) is 0 Å². The summed E-state index contributed by atoms with van der Waals surface area (Å²) >= 11 is 0. The van der Waals surface area contributed by atoms with Crippen LogP contribution in [0.2, 0.25) is 0 Å². The highest BCUT2D eigenvalue weighted by atomic mass is 32.2. The fourth-order valence-electron chi connectivity index (χ4n) is 2.74. The van der Waals surface area contributed by atoms with Gasteiger partial charge in [-0.1, -0.05) is 75.2 Å². The summed E-state index contributed by atoms with van der Waals surface area (Å²) in [5.41, 5.74) is 4.37. The Kier molecular flexibility index (Phi) is 8.53. The number of hydrogen-bond donors (Lipinski definition) is 0. The van der Waals surface area contributed by atoms with Gasteiger partial charge in [0, 0.05) is 10.8 Å². The van der Waals surface area contributed by atoms with Crippen LogP contribution >= 0.6 is 0 Å². The molecule has 3 heteroatoms. The number of benzene rings is 2. The smallest absolute Gasteiger partial charge is 0.193 e. The van der Waals surface area contributed by atoms with E-state index < -0.39 is 9.84 Å². The van der Waals surface area contributed by atoms with Gasteiger partial charge in [-0.15, -0.1) is 0 Å². The zero-order valence-electron chi connectivity index (χ0n) is 16.4. The van der Waals surface area contributed by atoms with E-state index in [9.17, 15) is 8.42 Å². The van der Waals surface area contributed by atoms with Gasteiger partial charge in [-0.3, -0.25) is 0 Å². The van der Waals surface area contributed by atoms with E-state index in [1.807, 2.05) is 24.3 Å². The average molecular weight is 383 g/mol. The Hall–Kier alpha value is -2.13. The van der Waals surface area contributed by atoms with E-state index in [1.165, 1.54) is 47.6 Å². The minimum absolute atomic E-state index is 0.896. The molecule has 0 heterocycles. The summed E-state index contributed by atoms with van der Waals surface area (Å²) in [5, 5.41) is 2.53. The topological polar surface area (TPSA) is 34.1 Å². The molecule has 0 bridgehead atoms. The molecule has 0 radical (unpaired) electrons. The Balaban J connectivity index is 1.97. The summed E-state index contributed by atoms with van der Waals surface area (Å²) in [6, 6.07) is 16.1. The van der Waals surface area contributed by atoms with E-state index in [0.29, 0.717) is 0 Å². The van der Waals surface area contributed by atoms with E-state index in [4.69, 9.17) is 0 Å². The maximum atomic E-state index is 12.2. The normalized spacial score (nSPS) is 12.2. The van der Waals surface area contributed by atoms with Crippen LogP contribution in [0, 0.1) is 0 Å². The zero-order valence-corrected chi connectivity index (χ0v) is 17.2. The van der Waals surface area contributed by atoms with Gasteiger partial charge >= 0.3 is 0 Å². The van der Waals surface area contributed by atoms with Crippen molar-refractivity contribution in [3.8, 4) is 0 Å². The van der Waals surface area contributed by atoms with Crippen molar-refractivity contribution in [1.29, 1.82) is 0 Å². The number of rotatable bonds is 10. The molecule has 2 nitrogen and oxygen atoms in total. The van der Waals surface area contributed by atoms with Gasteiger partial charge in [-0.2, -0.15) is 0 Å². The maximum absolute atomic E-state index is 12.2. The number of aryl methyl sites for hydroxylation is 2. The zero-order chi connectivity index (χ0) is 19.5. The fourth-order valence-corrected chi connectivity index (χ4v) is 3.53. The first-order valence-electron chi connectivity index (χ1n) is 9.81. The van der Waals surface area contributed by atoms with Crippen molar-refractivity contribution in [2.45, 2.75) is 52.4 Å². The lowest BCUT2D eigenvalue weighted by molar-refractivity contribution is 0.613. The molecular formula is C24H30O2S. The van der Waals surface area contributed by atoms with Crippen molar-refractivity contribution in [3.05, 3.63) is 81.6 Å². The minimum Gasteiger partial charge on any atom is -0.220 e. The molecule has 0 amide bonds. The van der Waals surface area contributed by atoms with E-state index in [0.717, 1.165) is 24.0 Å². The van der Waals surface area contributed by atoms with E-state index in [2.05, 4.69) is 38.1 Å². The molecule has 0 saturated carbocycles. The first-order chi connectivity index (χ1) is 13.0. The van der Waals surface area contributed by atoms with Crippen molar-refractivity contribution in [3.63, 3.8) is 0 Å². The third-order valence-corrected chi connectivity index (χ3v) is 5.53. The van der Waals surface area contributed by atoms with Crippen molar-refractivity contribution in [1.82, 2.24) is 0 Å². The monoisotopic (exact) mass is 382 g/mol. The second kappa shape index (κ2) is 10.9. The molecular weight excluding hydrogens is 352 g/mol. The van der Waals surface area contributed by atoms with Crippen LogP contribution in [-0.2, 0) is 22.7 Å². The summed E-state index contributed by atoms with van der Waals surface area (Å²) < 4.78 is 24.4. The minimum atomic E-state index is -3.39. The predicted molar refractivity (Wildman–Crippen MR) is 117 cm³/mol. The third kappa shape index (κ3) is 7.96. The van der Waals surface area contributed by atoms with Crippen LogP contribution in [0.3, 0.4) is 0 Å². The van der Waals surface area contributed by atoms with Crippen molar-refractivity contribution < 1.29 is 8.42 Å². The fraction of sp³-hybridized carbons (Fsp3) is 0.333. The van der Waals surface area contributed by atoms with E-state index in [1.54, 1.807) is 12.2 Å². The number of unbranched alkanes of at least 4 members (excludes halogenated alkanes) is 2. The van der Waals surface area contributed by atoms with Crippen LogP contribution < -0.4 is 0 Å². The summed E-state index contributed by atoms with van der Waals surface area (Å²) in [7, 11) is -3.39. The molecule has 0 unspecified atom stereocenters. The second-order valence-electron chi connectivity index (χ2n) is 6.88. The predicted octanol–water partition coefficient (Wildman–Crippen LogP) is 6.43. The maximum Gasteiger partial charge on any atom is 0.193 e. The van der Waals surface area contributed by atoms with Crippen molar-refractivity contribution in [2.75, 3.05) is 0 Å². The highest BCUT2D eigenvalue weighted by molar-refractivity contribution is 7.97. The molecule has 0 aliphatic rings. The summed E-state index contributed by atoms with van der Waals surface area (Å²) in [6.07, 6.45) is 10.1. The third-order valence-electron chi connectivity index (χ3n) is 4.50. The standard InChI is InChI=1S/C24H30O2S/c1-3-5-7-21-9-13-23(14-10-21)17-19-27(25,26)20-18-24-15-11-22(12-16-24)8-6-4-2/h9-20H,3-8H2,1-2H3. The summed E-state index contributed by atoms with van der Waals surface area (Å²) in [6.45, 7) is 4.35. The Morgan fingerprint density at radius 2 is 1.04 bits per heavy atom. The van der Waals surface area contributed by atoms with Gasteiger partial charge in [-0.05, 0) is 60.1 Å². The molecule has 0 saturated heterocycles. The first kappa shape index (κ1) is 21.2. The Bertz CT molecular complexity index is 775. The molecule has 0 atom stereocenters. The van der Waals surface area contributed by atoms with Gasteiger partial charge in [0.25, 0.3) is 0 Å². The van der Waals surface area contributed by atoms with Crippen LogP contribution in [0.1, 0.15) is 61.8 Å². The van der Waals surface area contributed by atoms with Crippen LogP contribution in [-0.4, -0.2) is 8.42 Å². The largest absolute Gasteiger partial charge is 0.220 e. The molecule has 2 aromatic carbocycles.